The maximum absolute atomic E-state index is 6.24. The largest absolute Gasteiger partial charge is 0.456 e. The normalized spacial score (nSPS) is 11.6. The zero-order chi connectivity index (χ0) is 33.0. The summed E-state index contributed by atoms with van der Waals surface area (Å²) < 4.78 is 8.84. The Kier molecular flexibility index (Phi) is 6.68. The lowest BCUT2D eigenvalue weighted by Crippen LogP contribution is -2.13. The van der Waals surface area contributed by atoms with Crippen molar-refractivity contribution in [2.45, 2.75) is 0 Å². The number of thiophene rings is 1. The van der Waals surface area contributed by atoms with Crippen LogP contribution < -0.4 is 9.80 Å². The molecule has 0 bridgehead atoms. The van der Waals surface area contributed by atoms with Gasteiger partial charge >= 0.3 is 0 Å². The van der Waals surface area contributed by atoms with E-state index in [1.165, 1.54) is 30.9 Å². The van der Waals surface area contributed by atoms with Crippen LogP contribution in [0.3, 0.4) is 0 Å². The van der Waals surface area contributed by atoms with Crippen molar-refractivity contribution in [3.05, 3.63) is 182 Å². The standard InChI is InChI=1S/C46H30N2OS/c1-3-14-32(15-4-1)47(34-24-26-46-41(29-34)39-20-10-12-22-45(39)50-46)36-27-31-13-7-8-18-37(31)42(30-36)48(33-16-5-2-6-17-33)35-23-25-44-40(28-35)38-19-9-11-21-43(38)49-44/h1-30H. The van der Waals surface area contributed by atoms with Crippen LogP contribution in [0.4, 0.5) is 34.1 Å². The predicted molar refractivity (Wildman–Crippen MR) is 213 cm³/mol. The Labute approximate surface area is 293 Å². The lowest BCUT2D eigenvalue weighted by atomic mass is 10.0. The highest BCUT2D eigenvalue weighted by Crippen LogP contribution is 2.46. The average Bonchev–Trinajstić information content (AvgIpc) is 3.74. The van der Waals surface area contributed by atoms with Gasteiger partial charge in [-0.15, -0.1) is 11.3 Å². The highest BCUT2D eigenvalue weighted by atomic mass is 32.1. The second kappa shape index (κ2) is 11.7. The van der Waals surface area contributed by atoms with Gasteiger partial charge < -0.3 is 14.2 Å². The van der Waals surface area contributed by atoms with Gasteiger partial charge in [0.2, 0.25) is 0 Å². The minimum Gasteiger partial charge on any atom is -0.456 e. The Balaban J connectivity index is 1.23. The van der Waals surface area contributed by atoms with Crippen LogP contribution in [0.25, 0.3) is 52.9 Å². The molecule has 0 aliphatic rings. The lowest BCUT2D eigenvalue weighted by molar-refractivity contribution is 0.669. The highest BCUT2D eigenvalue weighted by molar-refractivity contribution is 7.25. The van der Waals surface area contributed by atoms with E-state index in [0.29, 0.717) is 0 Å². The van der Waals surface area contributed by atoms with Gasteiger partial charge in [-0.25, -0.2) is 0 Å². The van der Waals surface area contributed by atoms with E-state index in [1.807, 2.05) is 23.5 Å². The zero-order valence-electron chi connectivity index (χ0n) is 27.0. The molecule has 0 aliphatic heterocycles. The number of hydrogen-bond acceptors (Lipinski definition) is 4. The van der Waals surface area contributed by atoms with Crippen LogP contribution >= 0.6 is 11.3 Å². The van der Waals surface area contributed by atoms with Crippen molar-refractivity contribution >= 4 is 98.3 Å². The summed E-state index contributed by atoms with van der Waals surface area (Å²) in [7, 11) is 0. The number of nitrogens with zero attached hydrogens (tertiary/aromatic N) is 2. The second-order valence-corrected chi connectivity index (χ2v) is 13.7. The Morgan fingerprint density at radius 3 is 1.74 bits per heavy atom. The Bertz CT molecular complexity index is 2840. The van der Waals surface area contributed by atoms with Gasteiger partial charge in [-0.3, -0.25) is 0 Å². The molecule has 2 aromatic heterocycles. The molecule has 0 spiro atoms. The summed E-state index contributed by atoms with van der Waals surface area (Å²) in [5.74, 6) is 0. The van der Waals surface area contributed by atoms with Crippen LogP contribution in [0.15, 0.2) is 186 Å². The third kappa shape index (κ3) is 4.73. The average molecular weight is 659 g/mol. The van der Waals surface area contributed by atoms with Crippen LogP contribution in [0.2, 0.25) is 0 Å². The van der Waals surface area contributed by atoms with Gasteiger partial charge in [-0.1, -0.05) is 97.1 Å². The van der Waals surface area contributed by atoms with Gasteiger partial charge in [0.25, 0.3) is 0 Å². The zero-order valence-corrected chi connectivity index (χ0v) is 27.8. The molecule has 0 amide bonds. The molecule has 50 heavy (non-hydrogen) atoms. The molecule has 2 heterocycles. The van der Waals surface area contributed by atoms with Gasteiger partial charge in [-0.05, 0) is 90.3 Å². The Hall–Kier alpha value is -6.36. The first-order valence-electron chi connectivity index (χ1n) is 16.8. The fourth-order valence-corrected chi connectivity index (χ4v) is 8.41. The van der Waals surface area contributed by atoms with Crippen molar-refractivity contribution in [1.29, 1.82) is 0 Å². The summed E-state index contributed by atoms with van der Waals surface area (Å²) in [6.45, 7) is 0. The Morgan fingerprint density at radius 2 is 0.920 bits per heavy atom. The molecular weight excluding hydrogens is 629 g/mol. The van der Waals surface area contributed by atoms with E-state index in [9.17, 15) is 0 Å². The molecule has 10 aromatic rings. The van der Waals surface area contributed by atoms with E-state index in [2.05, 4.69) is 180 Å². The number of fused-ring (bicyclic) bond motifs is 7. The summed E-state index contributed by atoms with van der Waals surface area (Å²) >= 11 is 1.85. The van der Waals surface area contributed by atoms with E-state index in [4.69, 9.17) is 4.42 Å². The Morgan fingerprint density at radius 1 is 0.340 bits per heavy atom. The van der Waals surface area contributed by atoms with Crippen molar-refractivity contribution < 1.29 is 4.42 Å². The molecule has 236 valence electrons. The second-order valence-electron chi connectivity index (χ2n) is 12.6. The third-order valence-corrected chi connectivity index (χ3v) is 10.7. The van der Waals surface area contributed by atoms with Crippen LogP contribution in [-0.4, -0.2) is 0 Å². The number of rotatable bonds is 6. The van der Waals surface area contributed by atoms with Crippen LogP contribution in [0, 0.1) is 0 Å². The monoisotopic (exact) mass is 658 g/mol. The molecule has 8 aromatic carbocycles. The van der Waals surface area contributed by atoms with Gasteiger partial charge in [0.15, 0.2) is 0 Å². The first-order valence-corrected chi connectivity index (χ1v) is 17.7. The summed E-state index contributed by atoms with van der Waals surface area (Å²) in [5.41, 5.74) is 8.32. The number of anilines is 6. The molecule has 4 heteroatoms. The molecule has 0 radical (unpaired) electrons. The predicted octanol–water partition coefficient (Wildman–Crippen LogP) is 14.0. The van der Waals surface area contributed by atoms with Gasteiger partial charge in [0.1, 0.15) is 11.2 Å². The fourth-order valence-electron chi connectivity index (χ4n) is 7.32. The molecule has 0 saturated heterocycles. The first kappa shape index (κ1) is 28.6. The smallest absolute Gasteiger partial charge is 0.135 e. The van der Waals surface area contributed by atoms with Crippen LogP contribution in [-0.2, 0) is 0 Å². The first-order chi connectivity index (χ1) is 24.8. The molecular formula is C46H30N2OS. The van der Waals surface area contributed by atoms with Gasteiger partial charge in [0.05, 0.1) is 5.69 Å². The summed E-state index contributed by atoms with van der Waals surface area (Å²) in [6.07, 6.45) is 0. The van der Waals surface area contributed by atoms with Gasteiger partial charge in [-0.2, -0.15) is 0 Å². The van der Waals surface area contributed by atoms with Crippen LogP contribution in [0.1, 0.15) is 0 Å². The van der Waals surface area contributed by atoms with Crippen molar-refractivity contribution in [3.63, 3.8) is 0 Å². The minimum absolute atomic E-state index is 0.883. The van der Waals surface area contributed by atoms with Crippen molar-refractivity contribution in [2.75, 3.05) is 9.80 Å². The summed E-state index contributed by atoms with van der Waals surface area (Å²) in [4.78, 5) is 4.77. The topological polar surface area (TPSA) is 19.6 Å². The van der Waals surface area contributed by atoms with E-state index in [0.717, 1.165) is 56.1 Å². The number of furan rings is 1. The SMILES string of the molecule is c1ccc(N(c2cc(N(c3ccccc3)c3ccc4oc5ccccc5c4c3)c3ccccc3c2)c2ccc3sc4ccccc4c3c2)cc1. The fraction of sp³-hybridized carbons (Fsp3) is 0. The molecule has 0 aliphatic carbocycles. The van der Waals surface area contributed by atoms with Crippen molar-refractivity contribution in [2.24, 2.45) is 0 Å². The van der Waals surface area contributed by atoms with Crippen molar-refractivity contribution in [3.8, 4) is 0 Å². The molecule has 0 fully saturated rings. The molecule has 10 rings (SSSR count). The molecule has 0 saturated carbocycles. The maximum atomic E-state index is 6.24. The maximum Gasteiger partial charge on any atom is 0.135 e. The number of hydrogen-bond donors (Lipinski definition) is 0. The van der Waals surface area contributed by atoms with Gasteiger partial charge in [0, 0.05) is 64.8 Å². The van der Waals surface area contributed by atoms with Crippen molar-refractivity contribution in [1.82, 2.24) is 0 Å². The molecule has 3 nitrogen and oxygen atoms in total. The lowest BCUT2D eigenvalue weighted by Gasteiger charge is -2.31. The highest BCUT2D eigenvalue weighted by Gasteiger charge is 2.21. The van der Waals surface area contributed by atoms with E-state index in [-0.39, 0.29) is 0 Å². The van der Waals surface area contributed by atoms with Crippen LogP contribution in [0.5, 0.6) is 0 Å². The number of benzene rings is 8. The minimum atomic E-state index is 0.883. The quantitative estimate of drug-likeness (QED) is 0.177. The van der Waals surface area contributed by atoms with E-state index < -0.39 is 0 Å². The summed E-state index contributed by atoms with van der Waals surface area (Å²) in [5, 5.41) is 7.11. The molecule has 0 atom stereocenters. The molecule has 0 unspecified atom stereocenters. The number of para-hydroxylation sites is 3. The van der Waals surface area contributed by atoms with E-state index >= 15 is 0 Å². The summed E-state index contributed by atoms with van der Waals surface area (Å²) in [6, 6.07) is 65.1. The molecule has 0 N–H and O–H groups in total. The van der Waals surface area contributed by atoms with E-state index in [1.54, 1.807) is 0 Å². The third-order valence-electron chi connectivity index (χ3n) is 9.59.